The summed E-state index contributed by atoms with van der Waals surface area (Å²) < 4.78 is 0. The van der Waals surface area contributed by atoms with E-state index < -0.39 is 11.1 Å². The minimum atomic E-state index is -2.19. The molecule has 0 aliphatic carbocycles. The van der Waals surface area contributed by atoms with Crippen LogP contribution in [0.5, 0.6) is 0 Å². The van der Waals surface area contributed by atoms with E-state index in [4.69, 9.17) is 26.3 Å². The molecule has 7 nitrogen and oxygen atoms in total. The Balaban J connectivity index is 0.00000256. The van der Waals surface area contributed by atoms with Crippen LogP contribution in [0.25, 0.3) is 0 Å². The molecule has 8 heteroatoms. The van der Waals surface area contributed by atoms with Gasteiger partial charge in [-0.15, -0.1) is 0 Å². The van der Waals surface area contributed by atoms with Gasteiger partial charge in [0.25, 0.3) is 11.1 Å². The summed E-state index contributed by atoms with van der Waals surface area (Å²) in [6, 6.07) is 6.21. The molecule has 0 aromatic rings. The topological polar surface area (TPSA) is 134 Å². The van der Waals surface area contributed by atoms with Crippen LogP contribution in [0.2, 0.25) is 0 Å². The summed E-state index contributed by atoms with van der Waals surface area (Å²) in [5, 5.41) is 47.0. The molecule has 0 bridgehead atoms. The number of nitriles is 5. The first-order chi connectivity index (χ1) is 7.66. The van der Waals surface area contributed by atoms with Crippen molar-refractivity contribution in [2.45, 2.75) is 11.1 Å². The minimum Gasteiger partial charge on any atom is -0.357 e. The van der Waals surface area contributed by atoms with Crippen LogP contribution in [0.1, 0.15) is 0 Å². The van der Waals surface area contributed by atoms with E-state index in [1.54, 1.807) is 30.5 Å². The predicted molar refractivity (Wildman–Crippen MR) is 53.4 cm³/mol. The molecule has 0 aromatic heterocycles. The van der Waals surface area contributed by atoms with Crippen molar-refractivity contribution in [3.05, 3.63) is 12.4 Å². The molecule has 1 radical (unpaired) electrons. The van der Waals surface area contributed by atoms with Crippen molar-refractivity contribution in [3.63, 3.8) is 0 Å². The number of hydrogen-bond donors (Lipinski definition) is 1. The Morgan fingerprint density at radius 1 is 0.941 bits per heavy atom. The second-order valence-electron chi connectivity index (χ2n) is 2.84. The Hall–Kier alpha value is -1.57. The summed E-state index contributed by atoms with van der Waals surface area (Å²) in [4.78, 5) is 0.677. The van der Waals surface area contributed by atoms with E-state index in [1.165, 1.54) is 6.20 Å². The van der Waals surface area contributed by atoms with Crippen molar-refractivity contribution in [1.29, 1.82) is 26.3 Å². The molecule has 1 aliphatic heterocycles. The number of rotatable bonds is 0. The summed E-state index contributed by atoms with van der Waals surface area (Å²) in [6.45, 7) is 0. The van der Waals surface area contributed by atoms with E-state index in [0.29, 0.717) is 4.90 Å². The molecule has 0 amide bonds. The van der Waals surface area contributed by atoms with Crippen LogP contribution in [0.4, 0.5) is 0 Å². The van der Waals surface area contributed by atoms with Crippen molar-refractivity contribution in [1.82, 2.24) is 10.2 Å². The quantitative estimate of drug-likeness (QED) is 0.430. The van der Waals surface area contributed by atoms with Gasteiger partial charge in [0, 0.05) is 63.8 Å². The first-order valence-electron chi connectivity index (χ1n) is 3.95. The smallest absolute Gasteiger partial charge is 0.277 e. The molecule has 1 rings (SSSR count). The largest absolute Gasteiger partial charge is 0.357 e. The van der Waals surface area contributed by atoms with Crippen LogP contribution >= 0.6 is 0 Å². The fourth-order valence-electron chi connectivity index (χ4n) is 1.29. The Morgan fingerprint density at radius 3 is 1.82 bits per heavy atom. The van der Waals surface area contributed by atoms with Crippen LogP contribution in [-0.2, 0) is 0 Å². The fourth-order valence-corrected chi connectivity index (χ4v) is 1.29. The van der Waals surface area contributed by atoms with Gasteiger partial charge in [0.05, 0.1) is 0 Å². The van der Waals surface area contributed by atoms with Gasteiger partial charge in [-0.25, -0.2) is 4.90 Å². The van der Waals surface area contributed by atoms with Gasteiger partial charge in [-0.1, -0.05) is 0 Å². The molecule has 1 heterocycles. The third-order valence-electron chi connectivity index (χ3n) is 2.19. The molecule has 0 fully saturated rings. The average molecular weight is 248 g/mol. The van der Waals surface area contributed by atoms with Crippen LogP contribution in [0.15, 0.2) is 12.4 Å². The molecule has 0 saturated carbocycles. The molecule has 0 spiro atoms. The first kappa shape index (κ1) is 15.4. The zero-order valence-electron chi connectivity index (χ0n) is 8.84. The Bertz CT molecular complexity index is 516. The third-order valence-corrected chi connectivity index (χ3v) is 2.19. The maximum atomic E-state index is 9.00. The van der Waals surface area contributed by atoms with Gasteiger partial charge in [0.15, 0.2) is 6.19 Å². The molecule has 17 heavy (non-hydrogen) atoms. The summed E-state index contributed by atoms with van der Waals surface area (Å²) in [7, 11) is 0. The van der Waals surface area contributed by atoms with Crippen LogP contribution in [-0.4, -0.2) is 67.4 Å². The molecule has 1 aliphatic rings. The molecular formula is C9H3KN7. The Kier molecular flexibility index (Phi) is 5.14. The van der Waals surface area contributed by atoms with Gasteiger partial charge in [0.1, 0.15) is 24.3 Å². The van der Waals surface area contributed by atoms with Gasteiger partial charge in [-0.05, 0) is 0 Å². The molecule has 0 unspecified atom stereocenters. The van der Waals surface area contributed by atoms with Crippen molar-refractivity contribution < 1.29 is 0 Å². The van der Waals surface area contributed by atoms with Crippen molar-refractivity contribution in [2.24, 2.45) is 0 Å². The van der Waals surface area contributed by atoms with E-state index in [1.807, 2.05) is 0 Å². The van der Waals surface area contributed by atoms with E-state index in [2.05, 4.69) is 5.32 Å². The molecule has 1 N–H and O–H groups in total. The number of nitrogens with zero attached hydrogens (tertiary/aromatic N) is 6. The van der Waals surface area contributed by atoms with Gasteiger partial charge < -0.3 is 5.32 Å². The van der Waals surface area contributed by atoms with Crippen molar-refractivity contribution in [3.8, 4) is 30.5 Å². The molecule has 0 aromatic carbocycles. The van der Waals surface area contributed by atoms with Gasteiger partial charge in [-0.2, -0.15) is 26.3 Å². The average Bonchev–Trinajstić information content (AvgIpc) is 2.37. The van der Waals surface area contributed by atoms with Crippen LogP contribution < -0.4 is 5.32 Å². The van der Waals surface area contributed by atoms with Crippen LogP contribution in [0.3, 0.4) is 0 Å². The zero-order valence-corrected chi connectivity index (χ0v) is 12.0. The normalized spacial score (nSPS) is 17.7. The van der Waals surface area contributed by atoms with E-state index >= 15 is 0 Å². The molecule has 0 saturated heterocycles. The maximum absolute atomic E-state index is 9.00. The maximum Gasteiger partial charge on any atom is 0.277 e. The molecule has 75 valence electrons. The van der Waals surface area contributed by atoms with E-state index in [9.17, 15) is 0 Å². The second-order valence-corrected chi connectivity index (χ2v) is 2.84. The predicted octanol–water partition coefficient (Wildman–Crippen LogP) is -0.965. The Morgan fingerprint density at radius 2 is 1.47 bits per heavy atom. The summed E-state index contributed by atoms with van der Waals surface area (Å²) in [5.74, 6) is 0. The van der Waals surface area contributed by atoms with E-state index in [-0.39, 0.29) is 51.4 Å². The van der Waals surface area contributed by atoms with Gasteiger partial charge in [0.2, 0.25) is 0 Å². The second kappa shape index (κ2) is 5.66. The van der Waals surface area contributed by atoms with E-state index in [0.717, 1.165) is 6.20 Å². The first-order valence-corrected chi connectivity index (χ1v) is 3.95. The van der Waals surface area contributed by atoms with Crippen LogP contribution in [0, 0.1) is 56.8 Å². The van der Waals surface area contributed by atoms with Crippen molar-refractivity contribution >= 4 is 51.4 Å². The van der Waals surface area contributed by atoms with Gasteiger partial charge >= 0.3 is 0 Å². The minimum absolute atomic E-state index is 0. The van der Waals surface area contributed by atoms with Gasteiger partial charge in [-0.3, -0.25) is 0 Å². The van der Waals surface area contributed by atoms with Crippen molar-refractivity contribution in [2.75, 3.05) is 0 Å². The molecule has 0 atom stereocenters. The fraction of sp³-hybridized carbons (Fsp3) is 0.222. The zero-order chi connectivity index (χ0) is 12.2. The summed E-state index contributed by atoms with van der Waals surface area (Å²) >= 11 is 0. The Labute approximate surface area is 140 Å². The number of hydrogen-bond acceptors (Lipinski definition) is 7. The SMILES string of the molecule is N#CN1C=CNC(C#N)(C#N)C1(C#N)C#N.[K]. The number of nitrogens with one attached hydrogen (secondary N) is 1. The molecular weight excluding hydrogens is 245 g/mol. The standard InChI is InChI=1S/C9H3N7.K/c10-3-8(4-11)9(5-12,6-13)16(7-14)2-1-15-8;/h1-2,15H;. The third kappa shape index (κ3) is 1.88. The monoisotopic (exact) mass is 248 g/mol. The summed E-state index contributed by atoms with van der Waals surface area (Å²) in [6.07, 6.45) is 3.87. The summed E-state index contributed by atoms with van der Waals surface area (Å²) in [5.41, 5.74) is -4.29.